The first-order chi connectivity index (χ1) is 12.2. The van der Waals surface area contributed by atoms with Crippen LogP contribution in [-0.4, -0.2) is 11.0 Å². The summed E-state index contributed by atoms with van der Waals surface area (Å²) in [5.74, 6) is -0.775. The molecule has 3 heterocycles. The maximum absolute atomic E-state index is 14.3. The van der Waals surface area contributed by atoms with Crippen molar-refractivity contribution in [3.05, 3.63) is 90.3 Å². The summed E-state index contributed by atoms with van der Waals surface area (Å²) in [6.07, 6.45) is 3.37. The molecule has 4 nitrogen and oxygen atoms in total. The zero-order chi connectivity index (χ0) is 17.2. The fourth-order valence-electron chi connectivity index (χ4n) is 2.89. The van der Waals surface area contributed by atoms with Gasteiger partial charge in [-0.2, -0.15) is 4.40 Å². The van der Waals surface area contributed by atoms with Crippen LogP contribution in [0.4, 0.5) is 4.39 Å². The van der Waals surface area contributed by atoms with Crippen LogP contribution in [0.15, 0.2) is 73.1 Å². The Bertz CT molecular complexity index is 1080. The molecule has 0 atom stereocenters. The SMILES string of the molecule is O=C(OCc1cc2cccc(F)c2c2cccc[n+]12)c1ccccn1. The van der Waals surface area contributed by atoms with E-state index >= 15 is 0 Å². The summed E-state index contributed by atoms with van der Waals surface area (Å²) in [7, 11) is 0. The van der Waals surface area contributed by atoms with Gasteiger partial charge in [-0.3, -0.25) is 0 Å². The molecule has 0 N–H and O–H groups in total. The molecule has 3 aromatic heterocycles. The Hall–Kier alpha value is -3.34. The molecule has 4 rings (SSSR count). The number of carbonyl (C=O) groups excluding carboxylic acids is 1. The number of esters is 1. The molecule has 0 bridgehead atoms. The number of pyridine rings is 3. The van der Waals surface area contributed by atoms with Crippen LogP contribution in [0.2, 0.25) is 0 Å². The first kappa shape index (κ1) is 15.2. The van der Waals surface area contributed by atoms with E-state index in [0.29, 0.717) is 5.39 Å². The van der Waals surface area contributed by atoms with Gasteiger partial charge in [-0.15, -0.1) is 0 Å². The number of hydrogen-bond acceptors (Lipinski definition) is 3. The van der Waals surface area contributed by atoms with Crippen LogP contribution in [0, 0.1) is 5.82 Å². The van der Waals surface area contributed by atoms with E-state index in [0.717, 1.165) is 16.6 Å². The van der Waals surface area contributed by atoms with E-state index < -0.39 is 5.97 Å². The molecular formula is C20H14FN2O2+. The largest absolute Gasteiger partial charge is 0.450 e. The Morgan fingerprint density at radius 2 is 1.96 bits per heavy atom. The standard InChI is InChI=1S/C20H14FN2O2/c21-16-7-5-6-14-12-15(23-11-4-2-9-18(23)19(14)16)13-25-20(24)17-8-1-3-10-22-17/h1-12H,13H2/q+1. The first-order valence-electron chi connectivity index (χ1n) is 7.83. The van der Waals surface area contributed by atoms with Crippen LogP contribution in [-0.2, 0) is 11.3 Å². The Morgan fingerprint density at radius 3 is 2.80 bits per heavy atom. The highest BCUT2D eigenvalue weighted by molar-refractivity contribution is 5.94. The average Bonchev–Trinajstić information content (AvgIpc) is 2.66. The smallest absolute Gasteiger partial charge is 0.357 e. The Balaban J connectivity index is 1.75. The van der Waals surface area contributed by atoms with Crippen LogP contribution >= 0.6 is 0 Å². The quantitative estimate of drug-likeness (QED) is 0.328. The van der Waals surface area contributed by atoms with E-state index in [1.165, 1.54) is 6.07 Å². The van der Waals surface area contributed by atoms with Crippen molar-refractivity contribution in [2.24, 2.45) is 0 Å². The second-order valence-corrected chi connectivity index (χ2v) is 5.59. The normalized spacial score (nSPS) is 10.9. The van der Waals surface area contributed by atoms with Crippen molar-refractivity contribution >= 4 is 22.3 Å². The van der Waals surface area contributed by atoms with E-state index in [4.69, 9.17) is 4.74 Å². The summed E-state index contributed by atoms with van der Waals surface area (Å²) in [4.78, 5) is 16.1. The van der Waals surface area contributed by atoms with Gasteiger partial charge in [-0.05, 0) is 29.7 Å². The number of aromatic nitrogens is 2. The van der Waals surface area contributed by atoms with Crippen LogP contribution < -0.4 is 4.40 Å². The lowest BCUT2D eigenvalue weighted by molar-refractivity contribution is -0.523. The summed E-state index contributed by atoms with van der Waals surface area (Å²) >= 11 is 0. The number of fused-ring (bicyclic) bond motifs is 3. The van der Waals surface area contributed by atoms with Crippen LogP contribution in [0.3, 0.4) is 0 Å². The fourth-order valence-corrected chi connectivity index (χ4v) is 2.89. The number of halogens is 1. The van der Waals surface area contributed by atoms with Gasteiger partial charge in [0.25, 0.3) is 0 Å². The van der Waals surface area contributed by atoms with Gasteiger partial charge in [0.15, 0.2) is 12.8 Å². The van der Waals surface area contributed by atoms with Gasteiger partial charge >= 0.3 is 5.97 Å². The average molecular weight is 333 g/mol. The van der Waals surface area contributed by atoms with Crippen molar-refractivity contribution in [1.29, 1.82) is 0 Å². The third-order valence-corrected chi connectivity index (χ3v) is 4.02. The molecule has 0 saturated heterocycles. The summed E-state index contributed by atoms with van der Waals surface area (Å²) in [5, 5.41) is 1.30. The van der Waals surface area contributed by atoms with Crippen LogP contribution in [0.5, 0.6) is 0 Å². The molecular weight excluding hydrogens is 319 g/mol. The molecule has 0 aliphatic heterocycles. The highest BCUT2D eigenvalue weighted by Gasteiger charge is 2.18. The summed E-state index contributed by atoms with van der Waals surface area (Å²) in [6, 6.07) is 17.4. The number of rotatable bonds is 3. The summed E-state index contributed by atoms with van der Waals surface area (Å²) in [6.45, 7) is 0.0625. The number of carbonyl (C=O) groups is 1. The fraction of sp³-hybridized carbons (Fsp3) is 0.0500. The number of hydrogen-bond donors (Lipinski definition) is 0. The van der Waals surface area contributed by atoms with Gasteiger partial charge < -0.3 is 4.74 Å². The van der Waals surface area contributed by atoms with E-state index in [2.05, 4.69) is 4.98 Å². The van der Waals surface area contributed by atoms with Gasteiger partial charge in [0.05, 0.1) is 5.39 Å². The van der Waals surface area contributed by atoms with Crippen molar-refractivity contribution in [1.82, 2.24) is 4.98 Å². The van der Waals surface area contributed by atoms with Gasteiger partial charge in [0.2, 0.25) is 11.2 Å². The highest BCUT2D eigenvalue weighted by atomic mass is 19.1. The zero-order valence-electron chi connectivity index (χ0n) is 13.2. The molecule has 0 aliphatic rings. The molecule has 0 saturated carbocycles. The van der Waals surface area contributed by atoms with E-state index in [-0.39, 0.29) is 18.1 Å². The predicted octanol–water partition coefficient (Wildman–Crippen LogP) is 3.47. The second kappa shape index (κ2) is 6.28. The minimum Gasteiger partial charge on any atom is -0.450 e. The molecule has 25 heavy (non-hydrogen) atoms. The molecule has 0 amide bonds. The topological polar surface area (TPSA) is 43.3 Å². The molecule has 122 valence electrons. The number of benzene rings is 1. The van der Waals surface area contributed by atoms with Gasteiger partial charge in [0.1, 0.15) is 11.5 Å². The first-order valence-corrected chi connectivity index (χ1v) is 7.83. The lowest BCUT2D eigenvalue weighted by atomic mass is 10.1. The molecule has 0 radical (unpaired) electrons. The predicted molar refractivity (Wildman–Crippen MR) is 90.4 cm³/mol. The molecule has 0 unspecified atom stereocenters. The lowest BCUT2D eigenvalue weighted by Crippen LogP contribution is -2.28. The maximum atomic E-state index is 14.3. The summed E-state index contributed by atoms with van der Waals surface area (Å²) < 4.78 is 21.5. The molecule has 0 fully saturated rings. The van der Waals surface area contributed by atoms with Crippen molar-refractivity contribution in [2.75, 3.05) is 0 Å². The van der Waals surface area contributed by atoms with Crippen LogP contribution in [0.1, 0.15) is 16.2 Å². The number of ether oxygens (including phenoxy) is 1. The third-order valence-electron chi connectivity index (χ3n) is 4.02. The van der Waals surface area contributed by atoms with Crippen molar-refractivity contribution in [2.45, 2.75) is 6.61 Å². The maximum Gasteiger partial charge on any atom is 0.357 e. The molecule has 0 spiro atoms. The lowest BCUT2D eigenvalue weighted by Gasteiger charge is -2.06. The zero-order valence-corrected chi connectivity index (χ0v) is 13.2. The van der Waals surface area contributed by atoms with E-state index in [1.807, 2.05) is 40.9 Å². The Labute approximate surface area is 143 Å². The third kappa shape index (κ3) is 2.80. The highest BCUT2D eigenvalue weighted by Crippen LogP contribution is 2.22. The minimum atomic E-state index is -0.496. The van der Waals surface area contributed by atoms with Crippen molar-refractivity contribution in [3.63, 3.8) is 0 Å². The van der Waals surface area contributed by atoms with E-state index in [1.54, 1.807) is 30.5 Å². The van der Waals surface area contributed by atoms with E-state index in [9.17, 15) is 9.18 Å². The summed E-state index contributed by atoms with van der Waals surface area (Å²) in [5.41, 5.74) is 1.73. The minimum absolute atomic E-state index is 0.0625. The van der Waals surface area contributed by atoms with Crippen molar-refractivity contribution < 1.29 is 18.3 Å². The van der Waals surface area contributed by atoms with Gasteiger partial charge in [-0.1, -0.05) is 18.2 Å². The molecule has 5 heteroatoms. The van der Waals surface area contributed by atoms with Crippen molar-refractivity contribution in [3.8, 4) is 0 Å². The second-order valence-electron chi connectivity index (χ2n) is 5.59. The molecule has 0 aliphatic carbocycles. The monoisotopic (exact) mass is 333 g/mol. The number of nitrogens with zero attached hydrogens (tertiary/aromatic N) is 2. The van der Waals surface area contributed by atoms with Gasteiger partial charge in [-0.25, -0.2) is 14.2 Å². The Morgan fingerprint density at radius 1 is 1.08 bits per heavy atom. The molecule has 1 aromatic carbocycles. The Kier molecular flexibility index (Phi) is 3.82. The van der Waals surface area contributed by atoms with Crippen LogP contribution in [0.25, 0.3) is 16.3 Å². The van der Waals surface area contributed by atoms with Gasteiger partial charge in [0, 0.05) is 24.4 Å². The molecule has 4 aromatic rings.